The first-order chi connectivity index (χ1) is 7.79. The van der Waals surface area contributed by atoms with Crippen molar-refractivity contribution in [2.75, 3.05) is 13.1 Å². The van der Waals surface area contributed by atoms with Gasteiger partial charge in [-0.25, -0.2) is 4.79 Å². The Morgan fingerprint density at radius 3 is 2.62 bits per heavy atom. The van der Waals surface area contributed by atoms with Gasteiger partial charge in [0.25, 0.3) is 0 Å². The van der Waals surface area contributed by atoms with Crippen LogP contribution in [0, 0.1) is 5.92 Å². The predicted molar refractivity (Wildman–Crippen MR) is 62.4 cm³/mol. The van der Waals surface area contributed by atoms with Crippen molar-refractivity contribution in [2.24, 2.45) is 5.92 Å². The van der Waals surface area contributed by atoms with E-state index in [0.29, 0.717) is 18.2 Å². The Bertz CT molecular complexity index is 346. The quantitative estimate of drug-likeness (QED) is 0.779. The van der Waals surface area contributed by atoms with E-state index in [1.807, 2.05) is 25.1 Å². The maximum absolute atomic E-state index is 11.8. The molecule has 16 heavy (non-hydrogen) atoms. The van der Waals surface area contributed by atoms with Gasteiger partial charge in [-0.15, -0.1) is 0 Å². The zero-order chi connectivity index (χ0) is 11.4. The molecule has 3 heteroatoms. The van der Waals surface area contributed by atoms with Gasteiger partial charge in [0.2, 0.25) is 0 Å². The summed E-state index contributed by atoms with van der Waals surface area (Å²) in [5, 5.41) is 0. The highest BCUT2D eigenvalue weighted by molar-refractivity contribution is 5.70. The summed E-state index contributed by atoms with van der Waals surface area (Å²) in [5.41, 5.74) is 0. The van der Waals surface area contributed by atoms with Crippen molar-refractivity contribution in [3.8, 4) is 5.75 Å². The fourth-order valence-electron chi connectivity index (χ4n) is 1.60. The van der Waals surface area contributed by atoms with Gasteiger partial charge in [0.05, 0.1) is 0 Å². The molecule has 0 unspecified atom stereocenters. The summed E-state index contributed by atoms with van der Waals surface area (Å²) in [6, 6.07) is 9.21. The third-order valence-corrected chi connectivity index (χ3v) is 2.76. The Labute approximate surface area is 96.0 Å². The van der Waals surface area contributed by atoms with E-state index in [1.54, 1.807) is 17.0 Å². The molecule has 86 valence electrons. The zero-order valence-electron chi connectivity index (χ0n) is 9.56. The second-order valence-electron chi connectivity index (χ2n) is 4.16. The van der Waals surface area contributed by atoms with Gasteiger partial charge in [0.15, 0.2) is 0 Å². The van der Waals surface area contributed by atoms with Gasteiger partial charge in [-0.1, -0.05) is 18.2 Å². The monoisotopic (exact) mass is 219 g/mol. The van der Waals surface area contributed by atoms with Crippen molar-refractivity contribution < 1.29 is 9.53 Å². The Morgan fingerprint density at radius 1 is 1.38 bits per heavy atom. The highest BCUT2D eigenvalue weighted by atomic mass is 16.6. The summed E-state index contributed by atoms with van der Waals surface area (Å²) in [5.74, 6) is 1.31. The molecule has 0 bridgehead atoms. The fraction of sp³-hybridized carbons (Fsp3) is 0.462. The van der Waals surface area contributed by atoms with Crippen molar-refractivity contribution in [3.63, 3.8) is 0 Å². The summed E-state index contributed by atoms with van der Waals surface area (Å²) in [6.07, 6.45) is 2.25. The molecule has 1 aliphatic carbocycles. The van der Waals surface area contributed by atoms with Gasteiger partial charge < -0.3 is 9.64 Å². The molecule has 3 nitrogen and oxygen atoms in total. The van der Waals surface area contributed by atoms with E-state index in [4.69, 9.17) is 4.74 Å². The lowest BCUT2D eigenvalue weighted by atomic mass is 10.3. The van der Waals surface area contributed by atoms with Crippen molar-refractivity contribution in [3.05, 3.63) is 30.3 Å². The molecular formula is C13H17NO2. The molecule has 1 aliphatic rings. The van der Waals surface area contributed by atoms with Crippen molar-refractivity contribution >= 4 is 6.09 Å². The van der Waals surface area contributed by atoms with E-state index < -0.39 is 0 Å². The lowest BCUT2D eigenvalue weighted by Gasteiger charge is -2.19. The molecular weight excluding hydrogens is 202 g/mol. The second-order valence-corrected chi connectivity index (χ2v) is 4.16. The van der Waals surface area contributed by atoms with Crippen LogP contribution >= 0.6 is 0 Å². The minimum absolute atomic E-state index is 0.236. The van der Waals surface area contributed by atoms with Crippen molar-refractivity contribution in [2.45, 2.75) is 19.8 Å². The molecule has 0 aromatic heterocycles. The highest BCUT2D eigenvalue weighted by Gasteiger charge is 2.26. The second kappa shape index (κ2) is 5.01. The first-order valence-corrected chi connectivity index (χ1v) is 5.81. The van der Waals surface area contributed by atoms with E-state index in [2.05, 4.69) is 0 Å². The van der Waals surface area contributed by atoms with Crippen LogP contribution in [0.4, 0.5) is 4.79 Å². The Balaban J connectivity index is 1.89. The van der Waals surface area contributed by atoms with E-state index in [9.17, 15) is 4.79 Å². The number of benzene rings is 1. The van der Waals surface area contributed by atoms with Crippen LogP contribution in [-0.2, 0) is 0 Å². The average Bonchev–Trinajstić information content (AvgIpc) is 3.11. The molecule has 0 saturated heterocycles. The number of hydrogen-bond donors (Lipinski definition) is 0. The maximum Gasteiger partial charge on any atom is 0.415 e. The zero-order valence-corrected chi connectivity index (χ0v) is 9.56. The van der Waals surface area contributed by atoms with Gasteiger partial charge >= 0.3 is 6.09 Å². The van der Waals surface area contributed by atoms with Gasteiger partial charge in [-0.05, 0) is 37.8 Å². The fourth-order valence-corrected chi connectivity index (χ4v) is 1.60. The number of amides is 1. The molecule has 1 fully saturated rings. The normalized spacial score (nSPS) is 14.6. The molecule has 1 aromatic rings. The van der Waals surface area contributed by atoms with Gasteiger partial charge in [0, 0.05) is 13.1 Å². The first-order valence-electron chi connectivity index (χ1n) is 5.81. The molecule has 1 amide bonds. The van der Waals surface area contributed by atoms with Gasteiger partial charge in [-0.2, -0.15) is 0 Å². The van der Waals surface area contributed by atoms with E-state index in [-0.39, 0.29) is 6.09 Å². The van der Waals surface area contributed by atoms with Crippen LogP contribution in [0.5, 0.6) is 5.75 Å². The van der Waals surface area contributed by atoms with Crippen molar-refractivity contribution in [1.82, 2.24) is 4.90 Å². The van der Waals surface area contributed by atoms with E-state index in [0.717, 1.165) is 6.54 Å². The largest absolute Gasteiger partial charge is 0.415 e. The minimum Gasteiger partial charge on any atom is -0.410 e. The standard InChI is InChI=1S/C13H17NO2/c1-2-14(10-11-8-9-11)13(15)16-12-6-4-3-5-7-12/h3-7,11H,2,8-10H2,1H3. The number of nitrogens with zero attached hydrogens (tertiary/aromatic N) is 1. The lowest BCUT2D eigenvalue weighted by Crippen LogP contribution is -2.35. The summed E-state index contributed by atoms with van der Waals surface area (Å²) < 4.78 is 5.28. The number of ether oxygens (including phenoxy) is 1. The third-order valence-electron chi connectivity index (χ3n) is 2.76. The van der Waals surface area contributed by atoms with Crippen LogP contribution in [0.15, 0.2) is 30.3 Å². The third kappa shape index (κ3) is 2.99. The summed E-state index contributed by atoms with van der Waals surface area (Å²) in [4.78, 5) is 13.6. The van der Waals surface area contributed by atoms with Crippen LogP contribution in [0.1, 0.15) is 19.8 Å². The van der Waals surface area contributed by atoms with Crippen LogP contribution < -0.4 is 4.74 Å². The Kier molecular flexibility index (Phi) is 3.44. The summed E-state index contributed by atoms with van der Waals surface area (Å²) in [6.45, 7) is 3.53. The van der Waals surface area contributed by atoms with E-state index in [1.165, 1.54) is 12.8 Å². The van der Waals surface area contributed by atoms with Crippen LogP contribution in [0.25, 0.3) is 0 Å². The average molecular weight is 219 g/mol. The number of rotatable bonds is 4. The molecule has 0 N–H and O–H groups in total. The molecule has 0 radical (unpaired) electrons. The summed E-state index contributed by atoms with van der Waals surface area (Å²) >= 11 is 0. The van der Waals surface area contributed by atoms with Crippen molar-refractivity contribution in [1.29, 1.82) is 0 Å². The molecule has 0 atom stereocenters. The Hall–Kier alpha value is -1.51. The van der Waals surface area contributed by atoms with Crippen LogP contribution in [-0.4, -0.2) is 24.1 Å². The molecule has 2 rings (SSSR count). The first kappa shape index (κ1) is 11.0. The number of carbonyl (C=O) groups excluding carboxylic acids is 1. The molecule has 0 spiro atoms. The molecule has 0 heterocycles. The number of para-hydroxylation sites is 1. The topological polar surface area (TPSA) is 29.5 Å². The molecule has 0 aliphatic heterocycles. The smallest absolute Gasteiger partial charge is 0.410 e. The van der Waals surface area contributed by atoms with E-state index >= 15 is 0 Å². The maximum atomic E-state index is 11.8. The molecule has 1 aromatic carbocycles. The highest BCUT2D eigenvalue weighted by Crippen LogP contribution is 2.29. The SMILES string of the molecule is CCN(CC1CC1)C(=O)Oc1ccccc1. The summed E-state index contributed by atoms with van der Waals surface area (Å²) in [7, 11) is 0. The van der Waals surface area contributed by atoms with Gasteiger partial charge in [0.1, 0.15) is 5.75 Å². The van der Waals surface area contributed by atoms with Crippen LogP contribution in [0.2, 0.25) is 0 Å². The minimum atomic E-state index is -0.236. The number of hydrogen-bond acceptors (Lipinski definition) is 2. The predicted octanol–water partition coefficient (Wildman–Crippen LogP) is 2.92. The van der Waals surface area contributed by atoms with Crippen LogP contribution in [0.3, 0.4) is 0 Å². The molecule has 1 saturated carbocycles. The Morgan fingerprint density at radius 2 is 2.06 bits per heavy atom. The lowest BCUT2D eigenvalue weighted by molar-refractivity contribution is 0.152. The number of carbonyl (C=O) groups is 1. The van der Waals surface area contributed by atoms with Gasteiger partial charge in [-0.3, -0.25) is 0 Å².